The number of halogens is 7. The highest BCUT2D eigenvalue weighted by Crippen LogP contribution is 2.38. The van der Waals surface area contributed by atoms with E-state index in [9.17, 15) is 40.5 Å². The van der Waals surface area contributed by atoms with Gasteiger partial charge in [-0.25, -0.2) is 18.2 Å². The van der Waals surface area contributed by atoms with Gasteiger partial charge < -0.3 is 14.3 Å². The van der Waals surface area contributed by atoms with Gasteiger partial charge in [0.25, 0.3) is 0 Å². The number of carbonyl (C=O) groups is 3. The number of nitrogens with zero attached hydrogens (tertiary/aromatic N) is 5. The van der Waals surface area contributed by atoms with Crippen LogP contribution in [0.1, 0.15) is 24.1 Å². The van der Waals surface area contributed by atoms with Crippen LogP contribution in [0.25, 0.3) is 10.6 Å². The molecule has 0 spiro atoms. The molecule has 0 bridgehead atoms. The zero-order valence-corrected chi connectivity index (χ0v) is 28.4. The predicted molar refractivity (Wildman–Crippen MR) is 165 cm³/mol. The maximum absolute atomic E-state index is 16.1. The lowest BCUT2D eigenvalue weighted by Gasteiger charge is -2.39. The minimum atomic E-state index is -5.70. The van der Waals surface area contributed by atoms with Crippen molar-refractivity contribution in [2.45, 2.75) is 49.3 Å². The van der Waals surface area contributed by atoms with Gasteiger partial charge in [0.1, 0.15) is 6.04 Å². The average molecular weight is 772 g/mol. The Labute approximate surface area is 290 Å². The molecule has 3 aromatic rings. The molecule has 0 N–H and O–H groups in total. The summed E-state index contributed by atoms with van der Waals surface area (Å²) in [4.78, 5) is 44.4. The maximum atomic E-state index is 16.1. The highest BCUT2D eigenvalue weighted by atomic mass is 35.5. The van der Waals surface area contributed by atoms with Gasteiger partial charge in [0.15, 0.2) is 5.76 Å². The van der Waals surface area contributed by atoms with Crippen molar-refractivity contribution in [2.75, 3.05) is 44.2 Å². The molecular weight excluding hydrogens is 744 g/mol. The molecular formula is C29H28ClF6N5O7S2. The molecule has 2 aliphatic heterocycles. The van der Waals surface area contributed by atoms with Crippen LogP contribution in [0, 0.1) is 6.92 Å². The summed E-state index contributed by atoms with van der Waals surface area (Å²) < 4.78 is 118. The molecule has 12 nitrogen and oxygen atoms in total. The van der Waals surface area contributed by atoms with E-state index in [0.29, 0.717) is 15.6 Å². The summed E-state index contributed by atoms with van der Waals surface area (Å²) in [7, 11) is -5.70. The van der Waals surface area contributed by atoms with Gasteiger partial charge in [0.05, 0.1) is 26.3 Å². The van der Waals surface area contributed by atoms with Crippen molar-refractivity contribution in [1.29, 1.82) is 0 Å². The molecule has 2 saturated heterocycles. The minimum Gasteiger partial charge on any atom is -0.355 e. The Morgan fingerprint density at radius 2 is 1.80 bits per heavy atom. The van der Waals surface area contributed by atoms with Crippen molar-refractivity contribution in [3.8, 4) is 10.6 Å². The molecule has 1 atom stereocenters. The number of thiophene rings is 1. The summed E-state index contributed by atoms with van der Waals surface area (Å²) in [5, 5.41) is 3.78. The lowest BCUT2D eigenvalue weighted by molar-refractivity contribution is -0.230. The van der Waals surface area contributed by atoms with Gasteiger partial charge in [0, 0.05) is 61.8 Å². The molecule has 0 unspecified atom stereocenters. The number of benzene rings is 1. The van der Waals surface area contributed by atoms with Gasteiger partial charge in [-0.05, 0) is 43.2 Å². The summed E-state index contributed by atoms with van der Waals surface area (Å²) in [5.74, 6) is -4.62. The number of carbonyl (C=O) groups excluding carboxylic acids is 3. The second kappa shape index (κ2) is 14.5. The van der Waals surface area contributed by atoms with Crippen LogP contribution in [0.3, 0.4) is 0 Å². The van der Waals surface area contributed by atoms with E-state index in [0.717, 1.165) is 33.3 Å². The molecule has 0 aliphatic carbocycles. The molecule has 5 rings (SSSR count). The van der Waals surface area contributed by atoms with Crippen LogP contribution in [0.4, 0.5) is 32.2 Å². The lowest BCUT2D eigenvalue weighted by atomic mass is 10.1. The van der Waals surface area contributed by atoms with Crippen LogP contribution in [-0.4, -0.2) is 103 Å². The smallest absolute Gasteiger partial charge is 0.355 e. The van der Waals surface area contributed by atoms with Crippen molar-refractivity contribution >= 4 is 56.4 Å². The second-order valence-corrected chi connectivity index (χ2v) is 15.0. The van der Waals surface area contributed by atoms with Crippen LogP contribution >= 0.6 is 22.9 Å². The molecule has 0 saturated carbocycles. The monoisotopic (exact) mass is 771 g/mol. The number of hydrogen-bond donors (Lipinski definition) is 0. The Kier molecular flexibility index (Phi) is 10.9. The fourth-order valence-electron chi connectivity index (χ4n) is 5.86. The van der Waals surface area contributed by atoms with E-state index in [1.54, 1.807) is 6.07 Å². The average Bonchev–Trinajstić information content (AvgIpc) is 3.80. The number of piperazine rings is 1. The Bertz CT molecular complexity index is 1860. The molecule has 2 amide bonds. The first-order valence-corrected chi connectivity index (χ1v) is 17.5. The lowest BCUT2D eigenvalue weighted by Crippen LogP contribution is -2.63. The molecule has 50 heavy (non-hydrogen) atoms. The van der Waals surface area contributed by atoms with Gasteiger partial charge in [-0.2, -0.15) is 22.0 Å². The van der Waals surface area contributed by atoms with Crippen molar-refractivity contribution in [3.63, 3.8) is 0 Å². The third kappa shape index (κ3) is 7.78. The molecule has 2 aromatic heterocycles. The van der Waals surface area contributed by atoms with E-state index in [2.05, 4.69) is 10.1 Å². The van der Waals surface area contributed by atoms with Crippen LogP contribution in [-0.2, 0) is 35.8 Å². The third-order valence-corrected chi connectivity index (χ3v) is 11.4. The number of sulfonamides is 1. The van der Waals surface area contributed by atoms with E-state index < -0.39 is 75.4 Å². The fourth-order valence-corrected chi connectivity index (χ4v) is 8.69. The molecule has 21 heteroatoms. The summed E-state index contributed by atoms with van der Waals surface area (Å²) in [6.45, 7) is -1.49. The first kappa shape index (κ1) is 37.5. The summed E-state index contributed by atoms with van der Waals surface area (Å²) >= 11 is 7.03. The van der Waals surface area contributed by atoms with Crippen molar-refractivity contribution in [1.82, 2.24) is 19.3 Å². The predicted octanol–water partition coefficient (Wildman–Crippen LogP) is 4.82. The zero-order valence-electron chi connectivity index (χ0n) is 26.0. The first-order valence-electron chi connectivity index (χ1n) is 14.9. The minimum absolute atomic E-state index is 0.0596. The Hall–Kier alpha value is -3.72. The van der Waals surface area contributed by atoms with Crippen molar-refractivity contribution < 1.29 is 58.7 Å². The summed E-state index contributed by atoms with van der Waals surface area (Å²) in [5.41, 5.74) is -0.386. The van der Waals surface area contributed by atoms with E-state index >= 15 is 8.78 Å². The van der Waals surface area contributed by atoms with Crippen LogP contribution < -0.4 is 4.90 Å². The normalized spacial score (nSPS) is 17.1. The second-order valence-electron chi connectivity index (χ2n) is 11.5. The zero-order chi connectivity index (χ0) is 36.6. The molecule has 2 fully saturated rings. The standard InChI is InChI=1S/C29H28ClF6N5O7S2/c1-17-19(40-9-3-6-25(40)42)4-2-5-23(17)50(45,46)41(29(34,35)27(44)47-36)20(14-18-15-21(48-37-18)22-7-8-24(30)49-22)26(43)39-12-10-38(11-13-39)16-28(31,32)33/h2,4-5,7-8,15,20H,3,6,9-14,16H2,1H3/t20-/m0/s1. The van der Waals surface area contributed by atoms with Gasteiger partial charge in [-0.3, -0.25) is 14.5 Å². The number of hydrogen-bond acceptors (Lipinski definition) is 10. The van der Waals surface area contributed by atoms with Gasteiger partial charge in [-0.15, -0.1) is 15.6 Å². The van der Waals surface area contributed by atoms with Crippen molar-refractivity contribution in [2.24, 2.45) is 0 Å². The first-order chi connectivity index (χ1) is 23.4. The van der Waals surface area contributed by atoms with E-state index in [4.69, 9.17) is 16.1 Å². The van der Waals surface area contributed by atoms with Crippen LogP contribution in [0.5, 0.6) is 0 Å². The molecule has 0 radical (unpaired) electrons. The molecule has 2 aliphatic rings. The summed E-state index contributed by atoms with van der Waals surface area (Å²) in [6.07, 6.45) is -4.96. The highest BCUT2D eigenvalue weighted by Gasteiger charge is 2.60. The van der Waals surface area contributed by atoms with E-state index in [-0.39, 0.29) is 54.7 Å². The van der Waals surface area contributed by atoms with Gasteiger partial charge in [-0.1, -0.05) is 22.8 Å². The number of amides is 2. The quantitative estimate of drug-likeness (QED) is 0.199. The summed E-state index contributed by atoms with van der Waals surface area (Å²) in [6, 6.07) is -0.183. The largest absolute Gasteiger partial charge is 0.435 e. The van der Waals surface area contributed by atoms with Gasteiger partial charge in [0.2, 0.25) is 21.8 Å². The number of anilines is 1. The van der Waals surface area contributed by atoms with Crippen LogP contribution in [0.2, 0.25) is 4.34 Å². The fraction of sp³-hybridized carbons (Fsp3) is 0.448. The third-order valence-electron chi connectivity index (χ3n) is 8.18. The van der Waals surface area contributed by atoms with Crippen molar-refractivity contribution in [3.05, 3.63) is 52.0 Å². The Morgan fingerprint density at radius 1 is 1.10 bits per heavy atom. The maximum Gasteiger partial charge on any atom is 0.435 e. The van der Waals surface area contributed by atoms with Gasteiger partial charge >= 0.3 is 18.2 Å². The molecule has 4 heterocycles. The number of rotatable bonds is 11. The Balaban J connectivity index is 1.61. The number of alkyl halides is 5. The SMILES string of the molecule is Cc1c(N2CCCC2=O)cccc1S(=O)(=O)N([C@@H](Cc1cc(-c2ccc(Cl)s2)on1)C(=O)N1CCN(CC(F)(F)F)CC1)C(F)(F)C(=O)OF. The topological polar surface area (TPSA) is 134 Å². The van der Waals surface area contributed by atoms with E-state index in [1.165, 1.54) is 30.0 Å². The molecule has 272 valence electrons. The number of aromatic nitrogens is 1. The molecule has 1 aromatic carbocycles. The Morgan fingerprint density at radius 3 is 2.38 bits per heavy atom. The highest BCUT2D eigenvalue weighted by molar-refractivity contribution is 7.89. The van der Waals surface area contributed by atoms with Crippen LogP contribution in [0.15, 0.2) is 45.8 Å². The van der Waals surface area contributed by atoms with E-state index in [1.807, 2.05) is 0 Å².